The molecule has 102 valence electrons. The highest BCUT2D eigenvalue weighted by atomic mass is 16.6. The lowest BCUT2D eigenvalue weighted by atomic mass is 9.86. The van der Waals surface area contributed by atoms with E-state index in [2.05, 4.69) is 5.32 Å². The van der Waals surface area contributed by atoms with Crippen molar-refractivity contribution in [3.63, 3.8) is 0 Å². The van der Waals surface area contributed by atoms with Gasteiger partial charge >= 0.3 is 6.09 Å². The Morgan fingerprint density at radius 2 is 1.94 bits per heavy atom. The van der Waals surface area contributed by atoms with Crippen LogP contribution in [0, 0.1) is 5.92 Å². The molecule has 17 heavy (non-hydrogen) atoms. The van der Waals surface area contributed by atoms with Crippen LogP contribution in [0.1, 0.15) is 40.0 Å². The molecule has 5 nitrogen and oxygen atoms in total. The van der Waals surface area contributed by atoms with Crippen LogP contribution in [-0.4, -0.2) is 41.7 Å². The van der Waals surface area contributed by atoms with Gasteiger partial charge in [-0.2, -0.15) is 0 Å². The predicted octanol–water partition coefficient (Wildman–Crippen LogP) is 1.28. The Hall–Kier alpha value is -0.810. The molecule has 1 amide bonds. The molecule has 0 unspecified atom stereocenters. The zero-order valence-corrected chi connectivity index (χ0v) is 11.0. The van der Waals surface area contributed by atoms with Gasteiger partial charge in [0, 0.05) is 13.2 Å². The Morgan fingerprint density at radius 1 is 1.35 bits per heavy atom. The van der Waals surface area contributed by atoms with Crippen LogP contribution in [0.4, 0.5) is 4.79 Å². The summed E-state index contributed by atoms with van der Waals surface area (Å²) in [6.07, 6.45) is 3.37. The quantitative estimate of drug-likeness (QED) is 0.702. The molecule has 0 aromatic carbocycles. The second-order valence-corrected chi connectivity index (χ2v) is 5.13. The Labute approximate surface area is 103 Å². The second kappa shape index (κ2) is 8.31. The molecule has 1 saturated carbocycles. The summed E-state index contributed by atoms with van der Waals surface area (Å²) in [4.78, 5) is 10.8. The first-order valence-corrected chi connectivity index (χ1v) is 6.07. The van der Waals surface area contributed by atoms with E-state index in [-0.39, 0.29) is 13.2 Å². The third-order valence-electron chi connectivity index (χ3n) is 2.26. The summed E-state index contributed by atoms with van der Waals surface area (Å²) < 4.78 is 4.88. The first-order valence-electron chi connectivity index (χ1n) is 6.07. The summed E-state index contributed by atoms with van der Waals surface area (Å²) in [6, 6.07) is 0. The molecule has 0 saturated heterocycles. The number of carbonyl (C=O) groups is 1. The summed E-state index contributed by atoms with van der Waals surface area (Å²) in [5, 5.41) is 19.1. The fourth-order valence-electron chi connectivity index (χ4n) is 1.15. The molecular weight excluding hydrogens is 222 g/mol. The lowest BCUT2D eigenvalue weighted by Gasteiger charge is -2.21. The average molecular weight is 247 g/mol. The van der Waals surface area contributed by atoms with Crippen LogP contribution in [0.5, 0.6) is 0 Å². The SMILES string of the molecule is CC(C)(C)OC(=O)NCCO.OCC1CCC1. The van der Waals surface area contributed by atoms with Crippen LogP contribution >= 0.6 is 0 Å². The summed E-state index contributed by atoms with van der Waals surface area (Å²) in [5.74, 6) is 0.671. The first-order chi connectivity index (χ1) is 7.89. The van der Waals surface area contributed by atoms with E-state index < -0.39 is 11.7 Å². The highest BCUT2D eigenvalue weighted by molar-refractivity contribution is 5.67. The molecule has 1 fully saturated rings. The molecule has 0 aliphatic heterocycles. The molecule has 3 N–H and O–H groups in total. The second-order valence-electron chi connectivity index (χ2n) is 5.13. The number of hydrogen-bond acceptors (Lipinski definition) is 4. The molecule has 1 aliphatic rings. The van der Waals surface area contributed by atoms with Crippen LogP contribution < -0.4 is 5.32 Å². The number of carbonyl (C=O) groups excluding carboxylic acids is 1. The van der Waals surface area contributed by atoms with Crippen molar-refractivity contribution >= 4 is 6.09 Å². The molecule has 1 rings (SSSR count). The average Bonchev–Trinajstić information content (AvgIpc) is 2.11. The van der Waals surface area contributed by atoms with Crippen molar-refractivity contribution in [2.75, 3.05) is 19.8 Å². The van der Waals surface area contributed by atoms with Crippen LogP contribution in [0.15, 0.2) is 0 Å². The third-order valence-corrected chi connectivity index (χ3v) is 2.26. The topological polar surface area (TPSA) is 78.8 Å². The lowest BCUT2D eigenvalue weighted by Crippen LogP contribution is -2.33. The third kappa shape index (κ3) is 10.1. The van der Waals surface area contributed by atoms with Gasteiger partial charge < -0.3 is 20.3 Å². The number of aliphatic hydroxyl groups excluding tert-OH is 2. The van der Waals surface area contributed by atoms with Crippen molar-refractivity contribution in [2.24, 2.45) is 5.92 Å². The van der Waals surface area contributed by atoms with E-state index in [0.29, 0.717) is 12.5 Å². The van der Waals surface area contributed by atoms with Crippen molar-refractivity contribution in [1.29, 1.82) is 0 Å². The zero-order chi connectivity index (χ0) is 13.3. The van der Waals surface area contributed by atoms with Crippen LogP contribution in [-0.2, 0) is 4.74 Å². The van der Waals surface area contributed by atoms with E-state index in [1.165, 1.54) is 19.3 Å². The van der Waals surface area contributed by atoms with Crippen molar-refractivity contribution in [3.05, 3.63) is 0 Å². The van der Waals surface area contributed by atoms with Gasteiger partial charge in [0.05, 0.1) is 6.61 Å². The normalized spacial score (nSPS) is 15.4. The van der Waals surface area contributed by atoms with Gasteiger partial charge in [0.1, 0.15) is 5.60 Å². The van der Waals surface area contributed by atoms with Crippen molar-refractivity contribution in [3.8, 4) is 0 Å². The summed E-state index contributed by atoms with van der Waals surface area (Å²) in [6.45, 7) is 5.93. The molecule has 0 atom stereocenters. The number of alkyl carbamates (subject to hydrolysis) is 1. The van der Waals surface area contributed by atoms with E-state index in [1.807, 2.05) is 0 Å². The molecular formula is C12H25NO4. The zero-order valence-electron chi connectivity index (χ0n) is 11.0. The smallest absolute Gasteiger partial charge is 0.407 e. The Kier molecular flexibility index (Phi) is 7.91. The van der Waals surface area contributed by atoms with Crippen LogP contribution in [0.2, 0.25) is 0 Å². The van der Waals surface area contributed by atoms with E-state index in [9.17, 15) is 4.79 Å². The van der Waals surface area contributed by atoms with Gasteiger partial charge in [0.25, 0.3) is 0 Å². The van der Waals surface area contributed by atoms with Gasteiger partial charge in [-0.05, 0) is 39.5 Å². The molecule has 0 spiro atoms. The molecule has 0 bridgehead atoms. The summed E-state index contributed by atoms with van der Waals surface area (Å²) >= 11 is 0. The minimum Gasteiger partial charge on any atom is -0.444 e. The number of hydrogen-bond donors (Lipinski definition) is 3. The molecule has 0 radical (unpaired) electrons. The van der Waals surface area contributed by atoms with Gasteiger partial charge in [0.2, 0.25) is 0 Å². The highest BCUT2D eigenvalue weighted by Gasteiger charge is 2.15. The number of nitrogens with one attached hydrogen (secondary N) is 1. The maximum absolute atomic E-state index is 10.8. The van der Waals surface area contributed by atoms with Gasteiger partial charge in [-0.1, -0.05) is 6.42 Å². The van der Waals surface area contributed by atoms with Crippen molar-refractivity contribution in [2.45, 2.75) is 45.6 Å². The van der Waals surface area contributed by atoms with Crippen molar-refractivity contribution in [1.82, 2.24) is 5.32 Å². The summed E-state index contributed by atoms with van der Waals surface area (Å²) in [5.41, 5.74) is -0.473. The van der Waals surface area contributed by atoms with Crippen molar-refractivity contribution < 1.29 is 19.7 Å². The standard InChI is InChI=1S/C7H15NO3.C5H10O/c1-7(2,3)11-6(10)8-4-5-9;6-4-5-2-1-3-5/h9H,4-5H2,1-3H3,(H,8,10);5-6H,1-4H2. The lowest BCUT2D eigenvalue weighted by molar-refractivity contribution is 0.0518. The minimum absolute atomic E-state index is 0.0702. The summed E-state index contributed by atoms with van der Waals surface area (Å²) in [7, 11) is 0. The number of amides is 1. The van der Waals surface area contributed by atoms with E-state index in [4.69, 9.17) is 14.9 Å². The predicted molar refractivity (Wildman–Crippen MR) is 65.7 cm³/mol. The number of rotatable bonds is 3. The van der Waals surface area contributed by atoms with E-state index in [0.717, 1.165) is 0 Å². The Bertz CT molecular complexity index is 206. The largest absolute Gasteiger partial charge is 0.444 e. The van der Waals surface area contributed by atoms with Gasteiger partial charge in [-0.15, -0.1) is 0 Å². The molecule has 5 heteroatoms. The number of ether oxygens (including phenoxy) is 1. The van der Waals surface area contributed by atoms with E-state index >= 15 is 0 Å². The fourth-order valence-corrected chi connectivity index (χ4v) is 1.15. The van der Waals surface area contributed by atoms with Gasteiger partial charge in [0.15, 0.2) is 0 Å². The maximum Gasteiger partial charge on any atom is 0.407 e. The highest BCUT2D eigenvalue weighted by Crippen LogP contribution is 2.24. The van der Waals surface area contributed by atoms with Crippen LogP contribution in [0.3, 0.4) is 0 Å². The van der Waals surface area contributed by atoms with Crippen LogP contribution in [0.25, 0.3) is 0 Å². The Morgan fingerprint density at radius 3 is 2.18 bits per heavy atom. The molecule has 0 heterocycles. The Balaban J connectivity index is 0.000000354. The van der Waals surface area contributed by atoms with Gasteiger partial charge in [-0.3, -0.25) is 0 Å². The maximum atomic E-state index is 10.8. The number of aliphatic hydroxyl groups is 2. The molecule has 1 aliphatic carbocycles. The minimum atomic E-state index is -0.494. The molecule has 0 aromatic rings. The monoisotopic (exact) mass is 247 g/mol. The van der Waals surface area contributed by atoms with E-state index in [1.54, 1.807) is 20.8 Å². The van der Waals surface area contributed by atoms with Gasteiger partial charge in [-0.25, -0.2) is 4.79 Å². The fraction of sp³-hybridized carbons (Fsp3) is 0.917. The first kappa shape index (κ1) is 16.2. The molecule has 0 aromatic heterocycles.